The van der Waals surface area contributed by atoms with Gasteiger partial charge in [-0.15, -0.1) is 22.7 Å². The standard InChI is InChI=1S/C23H21N3O4S3/c1-4-30-22(29)17-13(2)18(14-8-6-5-7-9-14)33-20(17)25-16(27)12-32-23-24-15-10-11-31-19(15)21(28)26(23)3/h5-11H,4,12H2,1-3H3,(H,25,27). The Labute approximate surface area is 202 Å². The van der Waals surface area contributed by atoms with Crippen molar-refractivity contribution in [1.29, 1.82) is 0 Å². The summed E-state index contributed by atoms with van der Waals surface area (Å²) in [6.07, 6.45) is 0. The highest BCUT2D eigenvalue weighted by Gasteiger charge is 2.24. The van der Waals surface area contributed by atoms with Crippen molar-refractivity contribution in [2.24, 2.45) is 7.05 Å². The van der Waals surface area contributed by atoms with Crippen molar-refractivity contribution in [2.45, 2.75) is 19.0 Å². The fourth-order valence-corrected chi connectivity index (χ4v) is 6.10. The number of carbonyl (C=O) groups excluding carboxylic acids is 2. The van der Waals surface area contributed by atoms with Gasteiger partial charge in [-0.25, -0.2) is 9.78 Å². The van der Waals surface area contributed by atoms with E-state index in [0.717, 1.165) is 16.0 Å². The summed E-state index contributed by atoms with van der Waals surface area (Å²) in [4.78, 5) is 43.3. The molecule has 0 spiro atoms. The Kier molecular flexibility index (Phi) is 6.96. The van der Waals surface area contributed by atoms with Crippen LogP contribution in [0.4, 0.5) is 5.00 Å². The number of rotatable bonds is 7. The maximum Gasteiger partial charge on any atom is 0.341 e. The summed E-state index contributed by atoms with van der Waals surface area (Å²) in [5.74, 6) is -0.732. The van der Waals surface area contributed by atoms with Crippen LogP contribution in [0.2, 0.25) is 0 Å². The SMILES string of the molecule is CCOC(=O)c1c(NC(=O)CSc2nc3ccsc3c(=O)n2C)sc(-c2ccccc2)c1C. The maximum absolute atomic E-state index is 12.8. The molecular formula is C23H21N3O4S3. The van der Waals surface area contributed by atoms with Crippen molar-refractivity contribution in [3.63, 3.8) is 0 Å². The topological polar surface area (TPSA) is 90.3 Å². The van der Waals surface area contributed by atoms with Gasteiger partial charge in [0.05, 0.1) is 23.4 Å². The van der Waals surface area contributed by atoms with Gasteiger partial charge in [-0.2, -0.15) is 0 Å². The molecule has 7 nitrogen and oxygen atoms in total. The van der Waals surface area contributed by atoms with Crippen LogP contribution in [0.5, 0.6) is 0 Å². The third-order valence-electron chi connectivity index (χ3n) is 4.89. The van der Waals surface area contributed by atoms with E-state index in [4.69, 9.17) is 4.74 Å². The summed E-state index contributed by atoms with van der Waals surface area (Å²) >= 11 is 3.86. The summed E-state index contributed by atoms with van der Waals surface area (Å²) in [6, 6.07) is 11.5. The van der Waals surface area contributed by atoms with Gasteiger partial charge in [-0.3, -0.25) is 14.2 Å². The number of hydrogen-bond acceptors (Lipinski definition) is 8. The molecule has 0 saturated heterocycles. The summed E-state index contributed by atoms with van der Waals surface area (Å²) in [6.45, 7) is 3.84. The fourth-order valence-electron chi connectivity index (χ4n) is 3.31. The van der Waals surface area contributed by atoms with Gasteiger partial charge in [0, 0.05) is 11.9 Å². The highest BCUT2D eigenvalue weighted by Crippen LogP contribution is 2.40. The number of esters is 1. The number of anilines is 1. The van der Waals surface area contributed by atoms with E-state index < -0.39 is 5.97 Å². The van der Waals surface area contributed by atoms with Gasteiger partial charge in [-0.1, -0.05) is 42.1 Å². The largest absolute Gasteiger partial charge is 0.462 e. The van der Waals surface area contributed by atoms with Crippen LogP contribution >= 0.6 is 34.4 Å². The van der Waals surface area contributed by atoms with Crippen molar-refractivity contribution in [3.05, 3.63) is 63.3 Å². The molecule has 3 heterocycles. The minimum Gasteiger partial charge on any atom is -0.462 e. The smallest absolute Gasteiger partial charge is 0.341 e. The quantitative estimate of drug-likeness (QED) is 0.220. The Hall–Kier alpha value is -2.95. The number of amides is 1. The number of carbonyl (C=O) groups is 2. The molecule has 4 aromatic rings. The molecular weight excluding hydrogens is 478 g/mol. The van der Waals surface area contributed by atoms with E-state index in [1.54, 1.807) is 20.0 Å². The van der Waals surface area contributed by atoms with Crippen LogP contribution < -0.4 is 10.9 Å². The minimum atomic E-state index is -0.469. The number of hydrogen-bond donors (Lipinski definition) is 1. The van der Waals surface area contributed by atoms with Crippen molar-refractivity contribution >= 4 is 61.5 Å². The molecule has 3 aromatic heterocycles. The maximum atomic E-state index is 12.8. The summed E-state index contributed by atoms with van der Waals surface area (Å²) in [5.41, 5.74) is 2.58. The Morgan fingerprint density at radius 3 is 2.70 bits per heavy atom. The normalized spacial score (nSPS) is 11.0. The molecule has 0 radical (unpaired) electrons. The Morgan fingerprint density at radius 1 is 1.21 bits per heavy atom. The van der Waals surface area contributed by atoms with E-state index in [1.807, 2.05) is 42.6 Å². The van der Waals surface area contributed by atoms with Gasteiger partial charge >= 0.3 is 5.97 Å². The number of benzene rings is 1. The molecule has 33 heavy (non-hydrogen) atoms. The van der Waals surface area contributed by atoms with Crippen LogP contribution in [-0.2, 0) is 16.6 Å². The fraction of sp³-hybridized carbons (Fsp3) is 0.217. The molecule has 0 aliphatic rings. The van der Waals surface area contributed by atoms with E-state index >= 15 is 0 Å². The van der Waals surface area contributed by atoms with Crippen LogP contribution in [0.25, 0.3) is 20.7 Å². The van der Waals surface area contributed by atoms with E-state index in [2.05, 4.69) is 10.3 Å². The Balaban J connectivity index is 1.58. The minimum absolute atomic E-state index is 0.0375. The summed E-state index contributed by atoms with van der Waals surface area (Å²) < 4.78 is 7.27. The van der Waals surface area contributed by atoms with Gasteiger partial charge in [0.2, 0.25) is 5.91 Å². The molecule has 4 rings (SSSR count). The zero-order valence-corrected chi connectivity index (χ0v) is 20.7. The van der Waals surface area contributed by atoms with E-state index in [1.165, 1.54) is 39.0 Å². The molecule has 0 aliphatic carbocycles. The van der Waals surface area contributed by atoms with Crippen molar-refractivity contribution < 1.29 is 14.3 Å². The molecule has 1 N–H and O–H groups in total. The molecule has 10 heteroatoms. The van der Waals surface area contributed by atoms with Crippen LogP contribution in [0.1, 0.15) is 22.8 Å². The molecule has 0 saturated carbocycles. The number of nitrogens with zero attached hydrogens (tertiary/aromatic N) is 2. The predicted molar refractivity (Wildman–Crippen MR) is 135 cm³/mol. The van der Waals surface area contributed by atoms with E-state index in [0.29, 0.717) is 25.9 Å². The number of ether oxygens (including phenoxy) is 1. The lowest BCUT2D eigenvalue weighted by Gasteiger charge is -2.08. The second-order valence-corrected chi connectivity index (χ2v) is 9.96. The monoisotopic (exact) mass is 499 g/mol. The molecule has 0 aliphatic heterocycles. The number of nitrogens with one attached hydrogen (secondary N) is 1. The van der Waals surface area contributed by atoms with Crippen molar-refractivity contribution in [2.75, 3.05) is 17.7 Å². The van der Waals surface area contributed by atoms with Gasteiger partial charge in [0.15, 0.2) is 5.16 Å². The van der Waals surface area contributed by atoms with E-state index in [9.17, 15) is 14.4 Å². The first-order chi connectivity index (χ1) is 15.9. The summed E-state index contributed by atoms with van der Waals surface area (Å²) in [7, 11) is 1.64. The molecule has 0 fully saturated rings. The van der Waals surface area contributed by atoms with Crippen LogP contribution in [0.3, 0.4) is 0 Å². The predicted octanol–water partition coefficient (Wildman–Crippen LogP) is 4.94. The molecule has 1 amide bonds. The molecule has 0 unspecified atom stereocenters. The third-order valence-corrected chi connectivity index (χ3v) is 8.07. The van der Waals surface area contributed by atoms with Crippen LogP contribution in [0.15, 0.2) is 51.7 Å². The van der Waals surface area contributed by atoms with Gasteiger partial charge in [-0.05, 0) is 36.4 Å². The molecule has 0 bridgehead atoms. The zero-order chi connectivity index (χ0) is 23.5. The van der Waals surface area contributed by atoms with Crippen LogP contribution in [-0.4, -0.2) is 33.8 Å². The first-order valence-electron chi connectivity index (χ1n) is 10.1. The molecule has 0 atom stereocenters. The lowest BCUT2D eigenvalue weighted by Crippen LogP contribution is -2.21. The first-order valence-corrected chi connectivity index (χ1v) is 12.8. The average Bonchev–Trinajstić information content (AvgIpc) is 3.40. The van der Waals surface area contributed by atoms with E-state index in [-0.39, 0.29) is 23.8 Å². The van der Waals surface area contributed by atoms with Crippen LogP contribution in [0, 0.1) is 6.92 Å². The number of fused-ring (bicyclic) bond motifs is 1. The van der Waals surface area contributed by atoms with Gasteiger partial charge in [0.1, 0.15) is 9.70 Å². The average molecular weight is 500 g/mol. The number of thioether (sulfide) groups is 1. The highest BCUT2D eigenvalue weighted by atomic mass is 32.2. The number of thiophene rings is 2. The van der Waals surface area contributed by atoms with Gasteiger partial charge < -0.3 is 10.1 Å². The number of aromatic nitrogens is 2. The zero-order valence-electron chi connectivity index (χ0n) is 18.2. The Morgan fingerprint density at radius 2 is 1.97 bits per heavy atom. The lowest BCUT2D eigenvalue weighted by atomic mass is 10.1. The second kappa shape index (κ2) is 9.90. The first kappa shape index (κ1) is 23.2. The van der Waals surface area contributed by atoms with Gasteiger partial charge in [0.25, 0.3) is 5.56 Å². The van der Waals surface area contributed by atoms with Crippen molar-refractivity contribution in [1.82, 2.24) is 9.55 Å². The lowest BCUT2D eigenvalue weighted by molar-refractivity contribution is -0.113. The highest BCUT2D eigenvalue weighted by molar-refractivity contribution is 7.99. The summed E-state index contributed by atoms with van der Waals surface area (Å²) in [5, 5.41) is 5.59. The second-order valence-electron chi connectivity index (χ2n) is 7.08. The molecule has 170 valence electrons. The third kappa shape index (κ3) is 4.73. The Bertz CT molecular complexity index is 1390. The van der Waals surface area contributed by atoms with Crippen molar-refractivity contribution in [3.8, 4) is 10.4 Å². The molecule has 1 aromatic carbocycles.